The van der Waals surface area contributed by atoms with Gasteiger partial charge in [-0.25, -0.2) is 4.98 Å². The molecular formula is C12H4Cl3F3NO. The molecule has 2 nitrogen and oxygen atoms in total. The summed E-state index contributed by atoms with van der Waals surface area (Å²) < 4.78 is 42.7. The van der Waals surface area contributed by atoms with Gasteiger partial charge in [-0.15, -0.1) is 0 Å². The van der Waals surface area contributed by atoms with Crippen molar-refractivity contribution in [2.75, 3.05) is 0 Å². The first-order chi connectivity index (χ1) is 9.29. The summed E-state index contributed by atoms with van der Waals surface area (Å²) in [5, 5.41) is -0.0367. The molecule has 0 aliphatic rings. The average Bonchev–Trinajstić information content (AvgIpc) is 2.34. The van der Waals surface area contributed by atoms with Crippen molar-refractivity contribution in [2.24, 2.45) is 0 Å². The standard InChI is InChI=1S/C12H4Cl3F3NO/c13-7-2-1-3-8(14)10(7)20-11-9(15)4-6(5-19-11)12(16,17)18/h2-5H. The second kappa shape index (κ2) is 5.68. The third-order valence-electron chi connectivity index (χ3n) is 2.19. The number of alkyl halides is 3. The van der Waals surface area contributed by atoms with Gasteiger partial charge in [-0.1, -0.05) is 34.8 Å². The predicted molar refractivity (Wildman–Crippen MR) is 69.6 cm³/mol. The molecule has 0 unspecified atom stereocenters. The van der Waals surface area contributed by atoms with Crippen LogP contribution in [0.5, 0.6) is 11.6 Å². The van der Waals surface area contributed by atoms with Crippen LogP contribution in [-0.4, -0.2) is 4.98 Å². The lowest BCUT2D eigenvalue weighted by Crippen LogP contribution is -2.05. The fraction of sp³-hybridized carbons (Fsp3) is 0.0833. The number of hydrogen-bond acceptors (Lipinski definition) is 2. The van der Waals surface area contributed by atoms with E-state index in [-0.39, 0.29) is 26.7 Å². The van der Waals surface area contributed by atoms with Gasteiger partial charge in [0.15, 0.2) is 5.75 Å². The van der Waals surface area contributed by atoms with Crippen molar-refractivity contribution in [1.29, 1.82) is 0 Å². The topological polar surface area (TPSA) is 22.1 Å². The van der Waals surface area contributed by atoms with Crippen molar-refractivity contribution in [3.05, 3.63) is 51.1 Å². The van der Waals surface area contributed by atoms with E-state index in [1.165, 1.54) is 12.1 Å². The van der Waals surface area contributed by atoms with Crippen molar-refractivity contribution in [3.63, 3.8) is 0 Å². The lowest BCUT2D eigenvalue weighted by atomic mass is 10.3. The lowest BCUT2D eigenvalue weighted by molar-refractivity contribution is -0.137. The van der Waals surface area contributed by atoms with Crippen LogP contribution < -0.4 is 4.74 Å². The van der Waals surface area contributed by atoms with Crippen LogP contribution in [0, 0.1) is 6.07 Å². The molecule has 2 rings (SSSR count). The molecule has 0 atom stereocenters. The minimum absolute atomic E-state index is 0.0428. The first-order valence-corrected chi connectivity index (χ1v) is 6.18. The zero-order valence-corrected chi connectivity index (χ0v) is 11.7. The summed E-state index contributed by atoms with van der Waals surface area (Å²) in [4.78, 5) is 3.52. The van der Waals surface area contributed by atoms with Gasteiger partial charge in [-0.2, -0.15) is 13.2 Å². The predicted octanol–water partition coefficient (Wildman–Crippen LogP) is 5.65. The van der Waals surface area contributed by atoms with Gasteiger partial charge in [-0.05, 0) is 24.3 Å². The zero-order valence-electron chi connectivity index (χ0n) is 9.43. The third kappa shape index (κ3) is 3.29. The molecule has 0 saturated carbocycles. The Balaban J connectivity index is 2.36. The van der Waals surface area contributed by atoms with Crippen molar-refractivity contribution in [1.82, 2.24) is 4.98 Å². The Hall–Kier alpha value is -1.17. The van der Waals surface area contributed by atoms with E-state index in [4.69, 9.17) is 39.5 Å². The molecule has 0 amide bonds. The average molecular weight is 342 g/mol. The third-order valence-corrected chi connectivity index (χ3v) is 3.02. The number of hydrogen-bond donors (Lipinski definition) is 0. The van der Waals surface area contributed by atoms with Crippen molar-refractivity contribution >= 4 is 34.8 Å². The fourth-order valence-corrected chi connectivity index (χ4v) is 1.94. The highest BCUT2D eigenvalue weighted by molar-refractivity contribution is 6.37. The van der Waals surface area contributed by atoms with Gasteiger partial charge >= 0.3 is 6.18 Å². The van der Waals surface area contributed by atoms with Crippen molar-refractivity contribution < 1.29 is 17.9 Å². The summed E-state index contributed by atoms with van der Waals surface area (Å²) in [5.41, 5.74) is -0.978. The van der Waals surface area contributed by atoms with E-state index in [0.717, 1.165) is 0 Å². The Morgan fingerprint density at radius 2 is 1.65 bits per heavy atom. The van der Waals surface area contributed by atoms with Crippen LogP contribution in [0.3, 0.4) is 0 Å². The summed E-state index contributed by atoms with van der Waals surface area (Å²) >= 11 is 17.4. The van der Waals surface area contributed by atoms with Gasteiger partial charge < -0.3 is 4.74 Å². The molecule has 8 heteroatoms. The van der Waals surface area contributed by atoms with Crippen LogP contribution in [0.15, 0.2) is 24.4 Å². The number of nitrogens with zero attached hydrogens (tertiary/aromatic N) is 1. The van der Waals surface area contributed by atoms with Gasteiger partial charge in [0.2, 0.25) is 5.88 Å². The maximum absolute atomic E-state index is 12.5. The van der Waals surface area contributed by atoms with Crippen molar-refractivity contribution in [2.45, 2.75) is 6.18 Å². The summed E-state index contributed by atoms with van der Waals surface area (Å²) in [6, 6.07) is 6.14. The molecule has 0 aliphatic heterocycles. The molecule has 1 heterocycles. The molecule has 1 aromatic carbocycles. The Bertz CT molecular complexity index is 626. The van der Waals surface area contributed by atoms with E-state index >= 15 is 0 Å². The molecule has 2 aromatic rings. The molecule has 1 aromatic heterocycles. The molecule has 0 bridgehead atoms. The first kappa shape index (κ1) is 15.2. The minimum atomic E-state index is -4.54. The molecule has 0 aliphatic carbocycles. The SMILES string of the molecule is FC(F)(F)c1cnc(Oc2c(Cl)c[c]cc2Cl)c(Cl)c1. The Labute approximate surface area is 127 Å². The van der Waals surface area contributed by atoms with Crippen LogP contribution >= 0.6 is 34.8 Å². The highest BCUT2D eigenvalue weighted by Crippen LogP contribution is 2.39. The monoisotopic (exact) mass is 340 g/mol. The van der Waals surface area contributed by atoms with E-state index in [2.05, 4.69) is 11.1 Å². The Morgan fingerprint density at radius 3 is 2.15 bits per heavy atom. The smallest absolute Gasteiger partial charge is 0.417 e. The molecule has 0 spiro atoms. The summed E-state index contributed by atoms with van der Waals surface area (Å²) in [6.07, 6.45) is -3.93. The molecule has 0 fully saturated rings. The second-order valence-corrected chi connectivity index (χ2v) is 4.81. The maximum Gasteiger partial charge on any atom is 0.417 e. The zero-order chi connectivity index (χ0) is 14.9. The van der Waals surface area contributed by atoms with Gasteiger partial charge in [0, 0.05) is 6.20 Å². The van der Waals surface area contributed by atoms with E-state index in [9.17, 15) is 13.2 Å². The van der Waals surface area contributed by atoms with Gasteiger partial charge in [0.1, 0.15) is 5.02 Å². The molecule has 1 radical (unpaired) electrons. The van der Waals surface area contributed by atoms with Crippen LogP contribution in [-0.2, 0) is 6.18 Å². The van der Waals surface area contributed by atoms with Crippen LogP contribution in [0.2, 0.25) is 15.1 Å². The number of benzene rings is 1. The molecular weight excluding hydrogens is 337 g/mol. The largest absolute Gasteiger partial charge is 0.434 e. The summed E-state index contributed by atoms with van der Waals surface area (Å²) in [7, 11) is 0. The van der Waals surface area contributed by atoms with E-state index in [1.807, 2.05) is 0 Å². The summed E-state index contributed by atoms with van der Waals surface area (Å²) in [5.74, 6) is -0.184. The van der Waals surface area contributed by atoms with Gasteiger partial charge in [-0.3, -0.25) is 0 Å². The number of pyridine rings is 1. The van der Waals surface area contributed by atoms with Gasteiger partial charge in [0.25, 0.3) is 0 Å². The normalized spacial score (nSPS) is 11.5. The molecule has 0 N–H and O–H groups in total. The lowest BCUT2D eigenvalue weighted by Gasteiger charge is -2.11. The van der Waals surface area contributed by atoms with E-state index in [1.54, 1.807) is 0 Å². The first-order valence-electron chi connectivity index (χ1n) is 5.04. The fourth-order valence-electron chi connectivity index (χ4n) is 1.28. The Morgan fingerprint density at radius 1 is 1.05 bits per heavy atom. The van der Waals surface area contributed by atoms with Crippen LogP contribution in [0.4, 0.5) is 13.2 Å². The number of aromatic nitrogens is 1. The van der Waals surface area contributed by atoms with Crippen LogP contribution in [0.25, 0.3) is 0 Å². The maximum atomic E-state index is 12.5. The molecule has 105 valence electrons. The molecule has 0 saturated heterocycles. The van der Waals surface area contributed by atoms with Crippen molar-refractivity contribution in [3.8, 4) is 11.6 Å². The quantitative estimate of drug-likeness (QED) is 0.704. The van der Waals surface area contributed by atoms with E-state index in [0.29, 0.717) is 12.3 Å². The Kier molecular flexibility index (Phi) is 4.32. The second-order valence-electron chi connectivity index (χ2n) is 3.59. The van der Waals surface area contributed by atoms with Crippen LogP contribution in [0.1, 0.15) is 5.56 Å². The highest BCUT2D eigenvalue weighted by atomic mass is 35.5. The minimum Gasteiger partial charge on any atom is -0.434 e. The number of rotatable bonds is 2. The number of ether oxygens (including phenoxy) is 1. The van der Waals surface area contributed by atoms with E-state index < -0.39 is 11.7 Å². The number of halogens is 6. The summed E-state index contributed by atoms with van der Waals surface area (Å²) in [6.45, 7) is 0. The highest BCUT2D eigenvalue weighted by Gasteiger charge is 2.31. The van der Waals surface area contributed by atoms with Gasteiger partial charge in [0.05, 0.1) is 15.6 Å². The molecule has 20 heavy (non-hydrogen) atoms.